The van der Waals surface area contributed by atoms with Crippen molar-refractivity contribution in [1.82, 2.24) is 0 Å². The van der Waals surface area contributed by atoms with Gasteiger partial charge in [-0.2, -0.15) is 13.2 Å². The lowest BCUT2D eigenvalue weighted by Gasteiger charge is -2.35. The number of alkyl halides is 3. The normalized spacial score (nSPS) is 19.8. The van der Waals surface area contributed by atoms with E-state index in [2.05, 4.69) is 21.2 Å². The van der Waals surface area contributed by atoms with Crippen LogP contribution in [-0.2, 0) is 9.59 Å². The number of para-hydroxylation sites is 2. The molecule has 3 aromatic carbocycles. The van der Waals surface area contributed by atoms with Crippen molar-refractivity contribution >= 4 is 39.0 Å². The molecule has 0 bridgehead atoms. The van der Waals surface area contributed by atoms with Crippen molar-refractivity contribution in [3.05, 3.63) is 105 Å². The van der Waals surface area contributed by atoms with Gasteiger partial charge in [0.2, 0.25) is 0 Å². The first kappa shape index (κ1) is 24.3. The molecule has 0 fully saturated rings. The molecule has 1 aliphatic heterocycles. The summed E-state index contributed by atoms with van der Waals surface area (Å²) in [6, 6.07) is 19.8. The number of benzene rings is 3. The molecule has 2 atom stereocenters. The van der Waals surface area contributed by atoms with Gasteiger partial charge in [-0.05, 0) is 54.7 Å². The SMILES string of the molecule is Cc1ccc([C@@H]2CC(=O)C3=C(C2)Nc2ccccc2N(C(=O)C(F)(F)F)[C@@H]3c2cccc(Br)c2)cc1. The average molecular weight is 555 g/mol. The van der Waals surface area contributed by atoms with Gasteiger partial charge in [0.15, 0.2) is 5.78 Å². The topological polar surface area (TPSA) is 49.4 Å². The molecule has 184 valence electrons. The van der Waals surface area contributed by atoms with Gasteiger partial charge in [-0.3, -0.25) is 14.5 Å². The highest BCUT2D eigenvalue weighted by Crippen LogP contribution is 2.48. The number of amides is 1. The average Bonchev–Trinajstić information content (AvgIpc) is 2.98. The van der Waals surface area contributed by atoms with Gasteiger partial charge in [-0.25, -0.2) is 0 Å². The van der Waals surface area contributed by atoms with E-state index in [-0.39, 0.29) is 29.4 Å². The van der Waals surface area contributed by atoms with Gasteiger partial charge < -0.3 is 5.32 Å². The highest BCUT2D eigenvalue weighted by atomic mass is 79.9. The molecule has 0 saturated carbocycles. The summed E-state index contributed by atoms with van der Waals surface area (Å²) in [6.45, 7) is 1.98. The van der Waals surface area contributed by atoms with Crippen LogP contribution in [0.1, 0.15) is 41.5 Å². The Labute approximate surface area is 214 Å². The van der Waals surface area contributed by atoms with Crippen LogP contribution < -0.4 is 10.2 Å². The van der Waals surface area contributed by atoms with Gasteiger partial charge in [0, 0.05) is 22.2 Å². The minimum absolute atomic E-state index is 0.0684. The number of ketones is 1. The third kappa shape index (κ3) is 4.46. The summed E-state index contributed by atoms with van der Waals surface area (Å²) >= 11 is 3.38. The third-order valence-corrected chi connectivity index (χ3v) is 7.16. The number of nitrogens with zero attached hydrogens (tertiary/aromatic N) is 1. The number of hydrogen-bond donors (Lipinski definition) is 1. The second kappa shape index (κ2) is 9.24. The summed E-state index contributed by atoms with van der Waals surface area (Å²) in [7, 11) is 0. The van der Waals surface area contributed by atoms with E-state index in [0.717, 1.165) is 16.0 Å². The molecule has 8 heteroatoms. The van der Waals surface area contributed by atoms with Crippen molar-refractivity contribution in [2.75, 3.05) is 10.2 Å². The standard InChI is InChI=1S/C28H22BrF3N2O2/c1-16-9-11-17(12-10-16)19-14-22-25(24(35)15-19)26(18-5-4-6-20(29)13-18)34(27(36)28(30,31)32)23-8-3-2-7-21(23)33-22/h2-13,19,26,33H,14-15H2,1H3/t19-,26+/m0/s1. The van der Waals surface area contributed by atoms with Crippen LogP contribution in [0.3, 0.4) is 0 Å². The highest BCUT2D eigenvalue weighted by molar-refractivity contribution is 9.10. The summed E-state index contributed by atoms with van der Waals surface area (Å²) in [6.07, 6.45) is -4.57. The Morgan fingerprint density at radius 1 is 0.972 bits per heavy atom. The smallest absolute Gasteiger partial charge is 0.357 e. The molecule has 0 saturated heterocycles. The van der Waals surface area contributed by atoms with Crippen molar-refractivity contribution < 1.29 is 22.8 Å². The molecule has 0 spiro atoms. The van der Waals surface area contributed by atoms with Gasteiger partial charge >= 0.3 is 12.1 Å². The molecule has 0 radical (unpaired) electrons. The number of carbonyl (C=O) groups is 2. The predicted octanol–water partition coefficient (Wildman–Crippen LogP) is 7.22. The van der Waals surface area contributed by atoms with Crippen molar-refractivity contribution in [2.24, 2.45) is 0 Å². The first-order chi connectivity index (χ1) is 17.1. The number of Topliss-reactive ketones (excluding diaryl/α,β-unsaturated/α-hetero) is 1. The minimum Gasteiger partial charge on any atom is -0.357 e. The lowest BCUT2D eigenvalue weighted by molar-refractivity contribution is -0.170. The van der Waals surface area contributed by atoms with Gasteiger partial charge in [0.1, 0.15) is 0 Å². The van der Waals surface area contributed by atoms with E-state index in [9.17, 15) is 22.8 Å². The Bertz CT molecular complexity index is 1380. The number of halogens is 4. The van der Waals surface area contributed by atoms with E-state index in [1.54, 1.807) is 42.5 Å². The van der Waals surface area contributed by atoms with Crippen LogP contribution in [0.4, 0.5) is 24.5 Å². The molecule has 5 rings (SSSR count). The van der Waals surface area contributed by atoms with E-state index in [1.807, 2.05) is 31.2 Å². The number of fused-ring (bicyclic) bond motifs is 1. The quantitative estimate of drug-likeness (QED) is 0.363. The Hall–Kier alpha value is -3.39. The lowest BCUT2D eigenvalue weighted by Crippen LogP contribution is -2.45. The first-order valence-corrected chi connectivity index (χ1v) is 12.3. The number of hydrogen-bond acceptors (Lipinski definition) is 3. The molecule has 3 aromatic rings. The Morgan fingerprint density at radius 3 is 2.39 bits per heavy atom. The zero-order valence-electron chi connectivity index (χ0n) is 19.3. The van der Waals surface area contributed by atoms with Gasteiger partial charge in [-0.15, -0.1) is 0 Å². The van der Waals surface area contributed by atoms with E-state index in [4.69, 9.17) is 0 Å². The zero-order chi connectivity index (χ0) is 25.6. The lowest BCUT2D eigenvalue weighted by atomic mass is 9.78. The van der Waals surface area contributed by atoms with Crippen molar-refractivity contribution in [3.63, 3.8) is 0 Å². The van der Waals surface area contributed by atoms with E-state index in [1.165, 1.54) is 6.07 Å². The molecule has 1 amide bonds. The summed E-state index contributed by atoms with van der Waals surface area (Å²) in [5.74, 6) is -2.44. The largest absolute Gasteiger partial charge is 0.471 e. The molecule has 36 heavy (non-hydrogen) atoms. The van der Waals surface area contributed by atoms with Crippen molar-refractivity contribution in [2.45, 2.75) is 37.9 Å². The monoisotopic (exact) mass is 554 g/mol. The highest BCUT2D eigenvalue weighted by Gasteiger charge is 2.50. The molecule has 0 unspecified atom stereocenters. The molecular weight excluding hydrogens is 533 g/mol. The third-order valence-electron chi connectivity index (χ3n) is 6.66. The Balaban J connectivity index is 1.73. The predicted molar refractivity (Wildman–Crippen MR) is 136 cm³/mol. The Kier molecular flexibility index (Phi) is 6.24. The van der Waals surface area contributed by atoms with Crippen LogP contribution in [0.15, 0.2) is 88.5 Å². The molecule has 2 aliphatic rings. The number of rotatable bonds is 2. The van der Waals surface area contributed by atoms with Gasteiger partial charge in [0.05, 0.1) is 17.4 Å². The number of aryl methyl sites for hydroxylation is 1. The van der Waals surface area contributed by atoms with Crippen molar-refractivity contribution in [1.29, 1.82) is 0 Å². The van der Waals surface area contributed by atoms with Crippen LogP contribution in [-0.4, -0.2) is 17.9 Å². The summed E-state index contributed by atoms with van der Waals surface area (Å²) in [5.41, 5.74) is 3.63. The van der Waals surface area contributed by atoms with Gasteiger partial charge in [0.25, 0.3) is 0 Å². The zero-order valence-corrected chi connectivity index (χ0v) is 20.9. The molecule has 1 N–H and O–H groups in total. The van der Waals surface area contributed by atoms with Crippen LogP contribution >= 0.6 is 15.9 Å². The maximum Gasteiger partial charge on any atom is 0.471 e. The first-order valence-electron chi connectivity index (χ1n) is 11.5. The van der Waals surface area contributed by atoms with Crippen LogP contribution in [0.25, 0.3) is 0 Å². The number of carbonyl (C=O) groups excluding carboxylic acids is 2. The maximum atomic E-state index is 13.9. The fourth-order valence-corrected chi connectivity index (χ4v) is 5.43. The fourth-order valence-electron chi connectivity index (χ4n) is 5.02. The fraction of sp³-hybridized carbons (Fsp3) is 0.214. The summed E-state index contributed by atoms with van der Waals surface area (Å²) in [5, 5.41) is 3.24. The molecular formula is C28H22BrF3N2O2. The molecule has 4 nitrogen and oxygen atoms in total. The van der Waals surface area contributed by atoms with E-state index in [0.29, 0.717) is 27.8 Å². The van der Waals surface area contributed by atoms with Crippen LogP contribution in [0.5, 0.6) is 0 Å². The van der Waals surface area contributed by atoms with Gasteiger partial charge in [-0.1, -0.05) is 70.0 Å². The molecule has 1 aliphatic carbocycles. The summed E-state index contributed by atoms with van der Waals surface area (Å²) in [4.78, 5) is 27.4. The minimum atomic E-state index is -5.13. The number of anilines is 2. The van der Waals surface area contributed by atoms with Crippen LogP contribution in [0, 0.1) is 6.92 Å². The number of allylic oxidation sites excluding steroid dienone is 1. The van der Waals surface area contributed by atoms with Crippen LogP contribution in [0.2, 0.25) is 0 Å². The Morgan fingerprint density at radius 2 is 1.69 bits per heavy atom. The maximum absolute atomic E-state index is 13.9. The summed E-state index contributed by atoms with van der Waals surface area (Å²) < 4.78 is 42.5. The second-order valence-corrected chi connectivity index (χ2v) is 10.0. The van der Waals surface area contributed by atoms with Crippen molar-refractivity contribution in [3.8, 4) is 0 Å². The molecule has 1 heterocycles. The van der Waals surface area contributed by atoms with E-state index < -0.39 is 18.1 Å². The second-order valence-electron chi connectivity index (χ2n) is 9.10. The van der Waals surface area contributed by atoms with E-state index >= 15 is 0 Å². The number of nitrogens with one attached hydrogen (secondary N) is 1. The molecule has 0 aromatic heterocycles.